The summed E-state index contributed by atoms with van der Waals surface area (Å²) in [5, 5.41) is 3.19. The molecule has 148 valence electrons. The highest BCUT2D eigenvalue weighted by Gasteiger charge is 2.20. The largest absolute Gasteiger partial charge is 0.497 e. The normalized spacial score (nSPS) is 13.7. The van der Waals surface area contributed by atoms with Gasteiger partial charge in [0.05, 0.1) is 13.7 Å². The molecule has 1 aliphatic heterocycles. The van der Waals surface area contributed by atoms with Crippen LogP contribution in [0, 0.1) is 0 Å². The van der Waals surface area contributed by atoms with Crippen molar-refractivity contribution in [3.63, 3.8) is 0 Å². The van der Waals surface area contributed by atoms with Gasteiger partial charge >= 0.3 is 0 Å². The Morgan fingerprint density at radius 3 is 2.57 bits per heavy atom. The highest BCUT2D eigenvalue weighted by molar-refractivity contribution is 5.86. The molecule has 28 heavy (non-hydrogen) atoms. The molecule has 3 rings (SSSR count). The van der Waals surface area contributed by atoms with Crippen LogP contribution in [0.25, 0.3) is 0 Å². The van der Waals surface area contributed by atoms with Crippen LogP contribution in [0.4, 0.5) is 0 Å². The lowest BCUT2D eigenvalue weighted by atomic mass is 10.00. The van der Waals surface area contributed by atoms with Crippen LogP contribution >= 0.6 is 0 Å². The number of nitrogens with one attached hydrogen (secondary N) is 1. The van der Waals surface area contributed by atoms with Gasteiger partial charge in [-0.15, -0.1) is 0 Å². The highest BCUT2D eigenvalue weighted by atomic mass is 16.5. The van der Waals surface area contributed by atoms with Crippen LogP contribution in [-0.2, 0) is 24.3 Å². The minimum Gasteiger partial charge on any atom is -0.497 e. The molecule has 1 N–H and O–H groups in total. The van der Waals surface area contributed by atoms with Crippen LogP contribution in [0.1, 0.15) is 16.7 Å². The number of hydrogen-bond acceptors (Lipinski definition) is 3. The molecule has 0 spiro atoms. The zero-order chi connectivity index (χ0) is 19.9. The van der Waals surface area contributed by atoms with Gasteiger partial charge in [-0.2, -0.15) is 0 Å². The molecule has 0 aromatic heterocycles. The van der Waals surface area contributed by atoms with Gasteiger partial charge in [0, 0.05) is 33.7 Å². The third-order valence-electron chi connectivity index (χ3n) is 5.03. The predicted molar refractivity (Wildman–Crippen MR) is 111 cm³/mol. The third kappa shape index (κ3) is 4.82. The molecule has 0 fully saturated rings. The first-order valence-corrected chi connectivity index (χ1v) is 9.50. The smallest absolute Gasteiger partial charge is 0.242 e. The lowest BCUT2D eigenvalue weighted by molar-refractivity contribution is -0.130. The number of carbonyl (C=O) groups is 1. The number of carbonyl (C=O) groups excluding carboxylic acids is 1. The average molecular weight is 380 g/mol. The van der Waals surface area contributed by atoms with E-state index in [0.717, 1.165) is 24.3 Å². The SMILES string of the molecule is CN=C(NCC(=O)N1CCc2ccccc2C1)N(C)Cc1ccc(OC)cc1. The molecule has 0 bridgehead atoms. The maximum absolute atomic E-state index is 12.7. The van der Waals surface area contributed by atoms with E-state index in [4.69, 9.17) is 4.74 Å². The van der Waals surface area contributed by atoms with E-state index in [1.165, 1.54) is 11.1 Å². The van der Waals surface area contributed by atoms with Crippen molar-refractivity contribution in [2.45, 2.75) is 19.5 Å². The predicted octanol–water partition coefficient (Wildman–Crippen LogP) is 2.29. The zero-order valence-electron chi connectivity index (χ0n) is 16.8. The average Bonchev–Trinajstić information content (AvgIpc) is 2.74. The molecule has 2 aromatic rings. The van der Waals surface area contributed by atoms with Gasteiger partial charge in [-0.1, -0.05) is 36.4 Å². The van der Waals surface area contributed by atoms with Crippen LogP contribution in [0.15, 0.2) is 53.5 Å². The van der Waals surface area contributed by atoms with Gasteiger partial charge in [-0.3, -0.25) is 9.79 Å². The van der Waals surface area contributed by atoms with Gasteiger partial charge in [0.25, 0.3) is 0 Å². The summed E-state index contributed by atoms with van der Waals surface area (Å²) in [6, 6.07) is 16.3. The summed E-state index contributed by atoms with van der Waals surface area (Å²) in [4.78, 5) is 20.9. The molecule has 0 saturated carbocycles. The maximum Gasteiger partial charge on any atom is 0.242 e. The Labute approximate surface area is 166 Å². The van der Waals surface area contributed by atoms with Crippen molar-refractivity contribution in [1.29, 1.82) is 0 Å². The number of nitrogens with zero attached hydrogens (tertiary/aromatic N) is 3. The van der Waals surface area contributed by atoms with Gasteiger partial charge in [0.2, 0.25) is 5.91 Å². The van der Waals surface area contributed by atoms with Crippen molar-refractivity contribution in [3.8, 4) is 5.75 Å². The fourth-order valence-corrected chi connectivity index (χ4v) is 3.44. The molecule has 0 atom stereocenters. The van der Waals surface area contributed by atoms with E-state index in [2.05, 4.69) is 28.5 Å². The molecule has 6 nitrogen and oxygen atoms in total. The molecule has 1 amide bonds. The van der Waals surface area contributed by atoms with Crippen molar-refractivity contribution in [3.05, 3.63) is 65.2 Å². The van der Waals surface area contributed by atoms with E-state index in [1.807, 2.05) is 47.2 Å². The second-order valence-electron chi connectivity index (χ2n) is 6.94. The molecule has 0 unspecified atom stereocenters. The lowest BCUT2D eigenvalue weighted by Gasteiger charge is -2.29. The minimum atomic E-state index is 0.0912. The molecule has 2 aromatic carbocycles. The first kappa shape index (κ1) is 19.7. The second-order valence-corrected chi connectivity index (χ2v) is 6.94. The summed E-state index contributed by atoms with van der Waals surface area (Å²) in [5.41, 5.74) is 3.72. The van der Waals surface area contributed by atoms with Gasteiger partial charge in [-0.25, -0.2) is 0 Å². The summed E-state index contributed by atoms with van der Waals surface area (Å²) in [5.74, 6) is 1.62. The summed E-state index contributed by atoms with van der Waals surface area (Å²) < 4.78 is 5.20. The lowest BCUT2D eigenvalue weighted by Crippen LogP contribution is -2.46. The molecule has 6 heteroatoms. The van der Waals surface area contributed by atoms with Gasteiger partial charge in [0.1, 0.15) is 5.75 Å². The fourth-order valence-electron chi connectivity index (χ4n) is 3.44. The zero-order valence-corrected chi connectivity index (χ0v) is 16.8. The van der Waals surface area contributed by atoms with E-state index in [-0.39, 0.29) is 12.5 Å². The number of aliphatic imine (C=N–C) groups is 1. The second kappa shape index (κ2) is 9.26. The number of rotatable bonds is 5. The van der Waals surface area contributed by atoms with E-state index in [0.29, 0.717) is 19.0 Å². The summed E-state index contributed by atoms with van der Waals surface area (Å²) >= 11 is 0. The monoisotopic (exact) mass is 380 g/mol. The Balaban J connectivity index is 1.52. The Bertz CT molecular complexity index is 833. The molecular weight excluding hydrogens is 352 g/mol. The molecule has 1 heterocycles. The van der Waals surface area contributed by atoms with Gasteiger partial charge in [0.15, 0.2) is 5.96 Å². The number of guanidine groups is 1. The maximum atomic E-state index is 12.7. The van der Waals surface area contributed by atoms with Crippen LogP contribution < -0.4 is 10.1 Å². The molecule has 0 aliphatic carbocycles. The molecule has 0 radical (unpaired) electrons. The summed E-state index contributed by atoms with van der Waals surface area (Å²) in [6.07, 6.45) is 0.911. The van der Waals surface area contributed by atoms with Crippen molar-refractivity contribution >= 4 is 11.9 Å². The summed E-state index contributed by atoms with van der Waals surface area (Å²) in [6.45, 7) is 2.37. The van der Waals surface area contributed by atoms with E-state index in [1.54, 1.807) is 14.2 Å². The number of benzene rings is 2. The Kier molecular flexibility index (Phi) is 6.53. The number of ether oxygens (including phenoxy) is 1. The topological polar surface area (TPSA) is 57.2 Å². The van der Waals surface area contributed by atoms with Crippen molar-refractivity contribution in [1.82, 2.24) is 15.1 Å². The van der Waals surface area contributed by atoms with E-state index < -0.39 is 0 Å². The number of methoxy groups -OCH3 is 1. The third-order valence-corrected chi connectivity index (χ3v) is 5.03. The fraction of sp³-hybridized carbons (Fsp3) is 0.364. The van der Waals surface area contributed by atoms with Crippen molar-refractivity contribution in [2.24, 2.45) is 4.99 Å². The first-order valence-electron chi connectivity index (χ1n) is 9.50. The molecular formula is C22H28N4O2. The molecule has 1 aliphatic rings. The first-order chi connectivity index (χ1) is 13.6. The highest BCUT2D eigenvalue weighted by Crippen LogP contribution is 2.18. The summed E-state index contributed by atoms with van der Waals surface area (Å²) in [7, 11) is 5.35. The Hall–Kier alpha value is -3.02. The Morgan fingerprint density at radius 2 is 1.89 bits per heavy atom. The van der Waals surface area contributed by atoms with Gasteiger partial charge in [-0.05, 0) is 35.2 Å². The van der Waals surface area contributed by atoms with Crippen molar-refractivity contribution in [2.75, 3.05) is 34.3 Å². The van der Waals surface area contributed by atoms with Crippen LogP contribution in [0.5, 0.6) is 5.75 Å². The van der Waals surface area contributed by atoms with E-state index in [9.17, 15) is 4.79 Å². The van der Waals surface area contributed by atoms with E-state index >= 15 is 0 Å². The van der Waals surface area contributed by atoms with Crippen LogP contribution in [0.2, 0.25) is 0 Å². The van der Waals surface area contributed by atoms with Crippen molar-refractivity contribution < 1.29 is 9.53 Å². The standard InChI is InChI=1S/C22H28N4O2/c1-23-22(25(2)15-17-8-10-20(28-3)11-9-17)24-14-21(27)26-13-12-18-6-4-5-7-19(18)16-26/h4-11H,12-16H2,1-3H3,(H,23,24). The molecule has 0 saturated heterocycles. The number of amides is 1. The van der Waals surface area contributed by atoms with Gasteiger partial charge < -0.3 is 19.9 Å². The number of fused-ring (bicyclic) bond motifs is 1. The van der Waals surface area contributed by atoms with Crippen LogP contribution in [-0.4, -0.2) is 56.0 Å². The number of hydrogen-bond donors (Lipinski definition) is 1. The quantitative estimate of drug-likeness (QED) is 0.639. The van der Waals surface area contributed by atoms with Crippen LogP contribution in [0.3, 0.4) is 0 Å². The minimum absolute atomic E-state index is 0.0912. The Morgan fingerprint density at radius 1 is 1.18 bits per heavy atom.